The fourth-order valence-corrected chi connectivity index (χ4v) is 9.77. The molecule has 0 saturated carbocycles. The molecule has 1 nitrogen and oxygen atoms in total. The lowest BCUT2D eigenvalue weighted by Gasteiger charge is -2.36. The van der Waals surface area contributed by atoms with Crippen molar-refractivity contribution in [3.63, 3.8) is 0 Å². The number of fused-ring (bicyclic) bond motifs is 8. The third-order valence-corrected chi connectivity index (χ3v) is 11.5. The third-order valence-electron chi connectivity index (χ3n) is 10.8. The van der Waals surface area contributed by atoms with Crippen LogP contribution in [0.2, 0.25) is 0 Å². The monoisotopic (exact) mass is 659 g/mol. The highest BCUT2D eigenvalue weighted by Crippen LogP contribution is 2.65. The average Bonchev–Trinajstić information content (AvgIpc) is 3.59. The van der Waals surface area contributed by atoms with E-state index < -0.39 is 5.41 Å². The fourth-order valence-electron chi connectivity index (χ4n) is 9.14. The van der Waals surface area contributed by atoms with Crippen LogP contribution in [0.25, 0.3) is 71.3 Å². The van der Waals surface area contributed by atoms with E-state index in [0.29, 0.717) is 0 Å². The van der Waals surface area contributed by atoms with Gasteiger partial charge in [0, 0.05) is 26.4 Å². The van der Waals surface area contributed by atoms with Crippen LogP contribution in [-0.4, -0.2) is 4.57 Å². The molecule has 0 atom stereocenters. The topological polar surface area (TPSA) is 4.93 Å². The van der Waals surface area contributed by atoms with E-state index >= 15 is 0 Å². The zero-order valence-corrected chi connectivity index (χ0v) is 26.9. The summed E-state index contributed by atoms with van der Waals surface area (Å²) in [5, 5.41) is 7.63. The first-order chi connectivity index (χ1) is 23.3. The number of benzene rings is 8. The summed E-state index contributed by atoms with van der Waals surface area (Å²) in [6.45, 7) is 0. The van der Waals surface area contributed by atoms with E-state index in [-0.39, 0.29) is 0 Å². The largest absolute Gasteiger partial charge is 0.308 e. The standard InChI is InChI=1S/C45H26BrN/c46-38-26-24-33-31-17-5-7-21-39(31)47-40-22-8-6-18-32(40)34-23-25-37-42(44(34)47)41(33)43(38)45(37,35-19-9-13-27-11-1-3-15-29(27)35)36-20-10-14-28-12-2-4-16-30(28)36/h1-26H. The summed E-state index contributed by atoms with van der Waals surface area (Å²) in [6.07, 6.45) is 0. The molecular formula is C45H26BrN. The van der Waals surface area contributed by atoms with Crippen molar-refractivity contribution in [1.82, 2.24) is 4.57 Å². The molecule has 47 heavy (non-hydrogen) atoms. The summed E-state index contributed by atoms with van der Waals surface area (Å²) in [4.78, 5) is 0. The summed E-state index contributed by atoms with van der Waals surface area (Å²) in [6, 6.07) is 58.9. The first-order valence-corrected chi connectivity index (χ1v) is 17.0. The lowest BCUT2D eigenvalue weighted by atomic mass is 9.65. The third kappa shape index (κ3) is 3.05. The van der Waals surface area contributed by atoms with Gasteiger partial charge in [0.25, 0.3) is 0 Å². The predicted molar refractivity (Wildman–Crippen MR) is 200 cm³/mol. The summed E-state index contributed by atoms with van der Waals surface area (Å²) in [5.74, 6) is 0. The maximum absolute atomic E-state index is 4.22. The van der Waals surface area contributed by atoms with Crippen molar-refractivity contribution in [1.29, 1.82) is 0 Å². The van der Waals surface area contributed by atoms with Gasteiger partial charge in [-0.3, -0.25) is 0 Å². The number of nitrogens with zero attached hydrogens (tertiary/aromatic N) is 1. The van der Waals surface area contributed by atoms with Crippen molar-refractivity contribution in [2.24, 2.45) is 0 Å². The highest BCUT2D eigenvalue weighted by Gasteiger charge is 2.51. The van der Waals surface area contributed by atoms with Gasteiger partial charge in [-0.15, -0.1) is 0 Å². The summed E-state index contributed by atoms with van der Waals surface area (Å²) < 4.78 is 3.67. The maximum Gasteiger partial charge on any atom is 0.0737 e. The van der Waals surface area contributed by atoms with E-state index in [1.165, 1.54) is 93.5 Å². The van der Waals surface area contributed by atoms with Gasteiger partial charge in [0.15, 0.2) is 0 Å². The first-order valence-electron chi connectivity index (χ1n) is 16.2. The zero-order chi connectivity index (χ0) is 30.9. The van der Waals surface area contributed by atoms with Gasteiger partial charge >= 0.3 is 0 Å². The number of aromatic nitrogens is 1. The normalized spacial score (nSPS) is 13.8. The SMILES string of the molecule is Brc1ccc2c3c1C(c1cccc4ccccc14)(c1cccc4ccccc14)c1ccc4c5ccccc5n(c4c1-3)-c1ccccc1-2. The molecule has 0 saturated heterocycles. The number of rotatable bonds is 2. The minimum atomic E-state index is -0.594. The first kappa shape index (κ1) is 25.7. The second-order valence-corrected chi connectivity index (χ2v) is 13.8. The van der Waals surface area contributed by atoms with E-state index in [1.54, 1.807) is 0 Å². The van der Waals surface area contributed by atoms with Crippen LogP contribution in [0.3, 0.4) is 0 Å². The number of para-hydroxylation sites is 2. The molecule has 218 valence electrons. The molecule has 0 bridgehead atoms. The second-order valence-electron chi connectivity index (χ2n) is 12.9. The molecule has 2 aliphatic rings. The minimum absolute atomic E-state index is 0.594. The van der Waals surface area contributed by atoms with Crippen LogP contribution in [-0.2, 0) is 5.41 Å². The quantitative estimate of drug-likeness (QED) is 0.174. The molecule has 0 radical (unpaired) electrons. The van der Waals surface area contributed by atoms with Gasteiger partial charge in [-0.1, -0.05) is 155 Å². The van der Waals surface area contributed by atoms with Crippen molar-refractivity contribution < 1.29 is 0 Å². The van der Waals surface area contributed by atoms with Crippen LogP contribution < -0.4 is 0 Å². The van der Waals surface area contributed by atoms with E-state index in [4.69, 9.17) is 0 Å². The summed E-state index contributed by atoms with van der Waals surface area (Å²) >= 11 is 4.22. The zero-order valence-electron chi connectivity index (χ0n) is 25.3. The van der Waals surface area contributed by atoms with Crippen molar-refractivity contribution in [2.45, 2.75) is 5.41 Å². The van der Waals surface area contributed by atoms with Crippen molar-refractivity contribution >= 4 is 59.3 Å². The molecule has 2 heteroatoms. The van der Waals surface area contributed by atoms with E-state index in [1.807, 2.05) is 0 Å². The van der Waals surface area contributed by atoms with Gasteiger partial charge in [-0.05, 0) is 73.1 Å². The second kappa shape index (κ2) is 9.09. The van der Waals surface area contributed by atoms with Crippen LogP contribution in [0.15, 0.2) is 162 Å². The Morgan fingerprint density at radius 1 is 0.426 bits per heavy atom. The highest BCUT2D eigenvalue weighted by molar-refractivity contribution is 9.10. The maximum atomic E-state index is 4.22. The molecule has 0 N–H and O–H groups in total. The van der Waals surface area contributed by atoms with Crippen molar-refractivity contribution in [3.05, 3.63) is 184 Å². The molecule has 1 aliphatic heterocycles. The molecule has 0 fully saturated rings. The lowest BCUT2D eigenvalue weighted by Crippen LogP contribution is -2.30. The molecule has 0 spiro atoms. The molecule has 9 aromatic rings. The molecule has 0 unspecified atom stereocenters. The number of hydrogen-bond acceptors (Lipinski definition) is 0. The van der Waals surface area contributed by atoms with E-state index in [9.17, 15) is 0 Å². The predicted octanol–water partition coefficient (Wildman–Crippen LogP) is 12.2. The highest BCUT2D eigenvalue weighted by atomic mass is 79.9. The Morgan fingerprint density at radius 3 is 1.79 bits per heavy atom. The van der Waals surface area contributed by atoms with Gasteiger partial charge < -0.3 is 4.57 Å². The number of hydrogen-bond donors (Lipinski definition) is 0. The Kier molecular flexibility index (Phi) is 4.97. The smallest absolute Gasteiger partial charge is 0.0737 e. The Bertz CT molecular complexity index is 2730. The number of halogens is 1. The Hall–Kier alpha value is -5.44. The molecule has 11 rings (SSSR count). The van der Waals surface area contributed by atoms with Crippen molar-refractivity contribution in [2.75, 3.05) is 0 Å². The van der Waals surface area contributed by atoms with E-state index in [0.717, 1.165) is 4.47 Å². The average molecular weight is 661 g/mol. The molecule has 8 aromatic carbocycles. The van der Waals surface area contributed by atoms with Gasteiger partial charge in [0.1, 0.15) is 0 Å². The van der Waals surface area contributed by atoms with Crippen LogP contribution in [0, 0.1) is 0 Å². The molecule has 0 amide bonds. The van der Waals surface area contributed by atoms with Crippen LogP contribution in [0.1, 0.15) is 22.3 Å². The van der Waals surface area contributed by atoms with Gasteiger partial charge in [-0.2, -0.15) is 0 Å². The van der Waals surface area contributed by atoms with Crippen molar-refractivity contribution in [3.8, 4) is 27.9 Å². The van der Waals surface area contributed by atoms with Gasteiger partial charge in [-0.25, -0.2) is 0 Å². The molecule has 1 aliphatic carbocycles. The Morgan fingerprint density at radius 2 is 1.04 bits per heavy atom. The van der Waals surface area contributed by atoms with Crippen LogP contribution >= 0.6 is 15.9 Å². The Labute approximate surface area is 280 Å². The van der Waals surface area contributed by atoms with E-state index in [2.05, 4.69) is 178 Å². The van der Waals surface area contributed by atoms with Crippen LogP contribution in [0.4, 0.5) is 0 Å². The lowest BCUT2D eigenvalue weighted by molar-refractivity contribution is 0.780. The summed E-state index contributed by atoms with van der Waals surface area (Å²) in [5.41, 5.74) is 13.6. The molecule has 2 heterocycles. The minimum Gasteiger partial charge on any atom is -0.308 e. The molecule has 1 aromatic heterocycles. The van der Waals surface area contributed by atoms with Crippen LogP contribution in [0.5, 0.6) is 0 Å². The fraction of sp³-hybridized carbons (Fsp3) is 0.0222. The van der Waals surface area contributed by atoms with Gasteiger partial charge in [0.05, 0.1) is 22.1 Å². The molecular weight excluding hydrogens is 634 g/mol. The Balaban J connectivity index is 1.47. The van der Waals surface area contributed by atoms with Gasteiger partial charge in [0.2, 0.25) is 0 Å². The summed E-state index contributed by atoms with van der Waals surface area (Å²) in [7, 11) is 0.